The van der Waals surface area contributed by atoms with Gasteiger partial charge in [0.15, 0.2) is 30.4 Å². The summed E-state index contributed by atoms with van der Waals surface area (Å²) in [6, 6.07) is 7.41. The summed E-state index contributed by atoms with van der Waals surface area (Å²) in [4.78, 5) is 58.7. The minimum Gasteiger partial charge on any atom is -0.298 e. The summed E-state index contributed by atoms with van der Waals surface area (Å²) in [5.41, 5.74) is -0.237. The van der Waals surface area contributed by atoms with Gasteiger partial charge in [0.05, 0.1) is 0 Å². The van der Waals surface area contributed by atoms with Gasteiger partial charge in [-0.1, -0.05) is 24.3 Å². The van der Waals surface area contributed by atoms with Crippen LogP contribution in [0.2, 0.25) is 0 Å². The van der Waals surface area contributed by atoms with Gasteiger partial charge in [-0.2, -0.15) is 0 Å². The number of fused-ring (bicyclic) bond motifs is 2. The molecule has 1 aliphatic rings. The van der Waals surface area contributed by atoms with Crippen LogP contribution >= 0.6 is 0 Å². The van der Waals surface area contributed by atoms with Crippen LogP contribution in [0.15, 0.2) is 30.3 Å². The van der Waals surface area contributed by atoms with Gasteiger partial charge in [0.2, 0.25) is 0 Å². The summed E-state index contributed by atoms with van der Waals surface area (Å²) in [5, 5.41) is 0. The maximum Gasteiger partial charge on any atom is 0.195 e. The topological polar surface area (TPSA) is 85.3 Å². The number of carbonyl (C=O) groups is 5. The van der Waals surface area contributed by atoms with Crippen LogP contribution in [0.4, 0.5) is 0 Å². The van der Waals surface area contributed by atoms with Gasteiger partial charge < -0.3 is 0 Å². The zero-order valence-electron chi connectivity index (χ0n) is 11.2. The standard InChI is InChI=1S/C17H8O5/c18-6-9-5-12-15(14(8-20)13(9)7-19)17(22)11-4-2-1-3-10(11)16(12)21/h1-8H. The van der Waals surface area contributed by atoms with Crippen molar-refractivity contribution in [2.75, 3.05) is 0 Å². The highest BCUT2D eigenvalue weighted by molar-refractivity contribution is 6.31. The largest absolute Gasteiger partial charge is 0.298 e. The van der Waals surface area contributed by atoms with Crippen molar-refractivity contribution in [3.63, 3.8) is 0 Å². The molecule has 0 radical (unpaired) electrons. The van der Waals surface area contributed by atoms with Gasteiger partial charge in [0, 0.05) is 38.9 Å². The molecule has 2 aromatic rings. The quantitative estimate of drug-likeness (QED) is 0.688. The number of rotatable bonds is 3. The lowest BCUT2D eigenvalue weighted by Crippen LogP contribution is -2.24. The highest BCUT2D eigenvalue weighted by atomic mass is 16.1. The molecule has 0 saturated carbocycles. The summed E-state index contributed by atoms with van der Waals surface area (Å²) in [5.74, 6) is -0.957. The van der Waals surface area contributed by atoms with Crippen LogP contribution in [0.25, 0.3) is 0 Å². The predicted octanol–water partition coefficient (Wildman–Crippen LogP) is 1.90. The van der Waals surface area contributed by atoms with E-state index in [4.69, 9.17) is 0 Å². The normalized spacial score (nSPS) is 12.4. The fourth-order valence-electron chi connectivity index (χ4n) is 2.67. The highest BCUT2D eigenvalue weighted by Gasteiger charge is 2.33. The first-order valence-corrected chi connectivity index (χ1v) is 6.39. The van der Waals surface area contributed by atoms with Crippen LogP contribution in [-0.2, 0) is 0 Å². The molecule has 0 aromatic heterocycles. The minimum absolute atomic E-state index is 0.0292. The van der Waals surface area contributed by atoms with Crippen LogP contribution in [-0.4, -0.2) is 30.4 Å². The van der Waals surface area contributed by atoms with Gasteiger partial charge in [0.25, 0.3) is 0 Å². The third-order valence-corrected chi connectivity index (χ3v) is 3.69. The van der Waals surface area contributed by atoms with Crippen molar-refractivity contribution >= 4 is 30.4 Å². The molecular formula is C17H8O5. The lowest BCUT2D eigenvalue weighted by molar-refractivity contribution is 0.0975. The van der Waals surface area contributed by atoms with Crippen molar-refractivity contribution < 1.29 is 24.0 Å². The second-order valence-electron chi connectivity index (χ2n) is 4.77. The molecule has 5 nitrogen and oxygen atoms in total. The maximum absolute atomic E-state index is 12.6. The number of ketones is 2. The first-order valence-electron chi connectivity index (χ1n) is 6.39. The maximum atomic E-state index is 12.6. The average molecular weight is 292 g/mol. The van der Waals surface area contributed by atoms with E-state index < -0.39 is 11.6 Å². The average Bonchev–Trinajstić information content (AvgIpc) is 2.57. The second-order valence-corrected chi connectivity index (χ2v) is 4.77. The van der Waals surface area contributed by atoms with E-state index in [1.165, 1.54) is 18.2 Å². The predicted molar refractivity (Wildman–Crippen MR) is 75.9 cm³/mol. The van der Waals surface area contributed by atoms with Crippen LogP contribution in [0, 0.1) is 0 Å². The first kappa shape index (κ1) is 13.8. The Hall–Kier alpha value is -3.21. The SMILES string of the molecule is O=Cc1cc2c(c(C=O)c1C=O)C(=O)c1ccccc1C2=O. The number of aldehydes is 3. The Bertz CT molecular complexity index is 877. The Labute approximate surface area is 124 Å². The van der Waals surface area contributed by atoms with E-state index in [0.29, 0.717) is 18.9 Å². The van der Waals surface area contributed by atoms with E-state index in [-0.39, 0.29) is 38.9 Å². The second kappa shape index (κ2) is 4.96. The molecule has 0 unspecified atom stereocenters. The van der Waals surface area contributed by atoms with E-state index in [9.17, 15) is 24.0 Å². The Morgan fingerprint density at radius 3 is 1.82 bits per heavy atom. The van der Waals surface area contributed by atoms with E-state index in [0.717, 1.165) is 0 Å². The Kier molecular flexibility index (Phi) is 3.10. The fourth-order valence-corrected chi connectivity index (χ4v) is 2.67. The third-order valence-electron chi connectivity index (χ3n) is 3.69. The van der Waals surface area contributed by atoms with E-state index in [1.807, 2.05) is 0 Å². The van der Waals surface area contributed by atoms with Crippen molar-refractivity contribution in [2.24, 2.45) is 0 Å². The minimum atomic E-state index is -0.507. The monoisotopic (exact) mass is 292 g/mol. The summed E-state index contributed by atoms with van der Waals surface area (Å²) in [6.45, 7) is 0. The van der Waals surface area contributed by atoms with Gasteiger partial charge in [-0.05, 0) is 6.07 Å². The molecule has 0 heterocycles. The van der Waals surface area contributed by atoms with E-state index in [1.54, 1.807) is 12.1 Å². The Morgan fingerprint density at radius 1 is 0.682 bits per heavy atom. The van der Waals surface area contributed by atoms with Gasteiger partial charge in [-0.3, -0.25) is 24.0 Å². The van der Waals surface area contributed by atoms with Crippen LogP contribution in [0.1, 0.15) is 62.9 Å². The molecule has 0 N–H and O–H groups in total. The molecule has 1 aliphatic carbocycles. The summed E-state index contributed by atoms with van der Waals surface area (Å²) >= 11 is 0. The molecule has 0 fully saturated rings. The lowest BCUT2D eigenvalue weighted by Gasteiger charge is -2.20. The molecule has 0 aliphatic heterocycles. The number of hydrogen-bond acceptors (Lipinski definition) is 5. The number of benzene rings is 2. The molecule has 0 atom stereocenters. The first-order chi connectivity index (χ1) is 10.6. The molecule has 0 spiro atoms. The zero-order chi connectivity index (χ0) is 15.9. The summed E-state index contributed by atoms with van der Waals surface area (Å²) in [6.07, 6.45) is 1.05. The van der Waals surface area contributed by atoms with Crippen molar-refractivity contribution in [2.45, 2.75) is 0 Å². The van der Waals surface area contributed by atoms with Gasteiger partial charge in [0.1, 0.15) is 0 Å². The molecule has 22 heavy (non-hydrogen) atoms. The zero-order valence-corrected chi connectivity index (χ0v) is 11.2. The Morgan fingerprint density at radius 2 is 1.27 bits per heavy atom. The highest BCUT2D eigenvalue weighted by Crippen LogP contribution is 2.31. The van der Waals surface area contributed by atoms with Crippen LogP contribution < -0.4 is 0 Å². The molecule has 0 saturated heterocycles. The van der Waals surface area contributed by atoms with E-state index in [2.05, 4.69) is 0 Å². The fraction of sp³-hybridized carbons (Fsp3) is 0. The van der Waals surface area contributed by atoms with Crippen molar-refractivity contribution in [1.82, 2.24) is 0 Å². The van der Waals surface area contributed by atoms with Crippen LogP contribution in [0.3, 0.4) is 0 Å². The van der Waals surface area contributed by atoms with E-state index >= 15 is 0 Å². The van der Waals surface area contributed by atoms with Gasteiger partial charge in [-0.15, -0.1) is 0 Å². The molecule has 2 aromatic carbocycles. The molecular weight excluding hydrogens is 284 g/mol. The van der Waals surface area contributed by atoms with Crippen LogP contribution in [0.5, 0.6) is 0 Å². The third kappa shape index (κ3) is 1.69. The van der Waals surface area contributed by atoms with Crippen molar-refractivity contribution in [3.05, 3.63) is 69.3 Å². The number of hydrogen-bond donors (Lipinski definition) is 0. The van der Waals surface area contributed by atoms with Gasteiger partial charge >= 0.3 is 0 Å². The van der Waals surface area contributed by atoms with Gasteiger partial charge in [-0.25, -0.2) is 0 Å². The number of carbonyl (C=O) groups excluding carboxylic acids is 5. The summed E-state index contributed by atoms with van der Waals surface area (Å²) in [7, 11) is 0. The summed E-state index contributed by atoms with van der Waals surface area (Å²) < 4.78 is 0. The lowest BCUT2D eigenvalue weighted by atomic mass is 9.79. The smallest absolute Gasteiger partial charge is 0.195 e. The molecule has 3 rings (SSSR count). The molecule has 5 heteroatoms. The Balaban J connectivity index is 2.45. The molecule has 106 valence electrons. The molecule has 0 amide bonds. The van der Waals surface area contributed by atoms with Crippen molar-refractivity contribution in [3.8, 4) is 0 Å². The van der Waals surface area contributed by atoms with Crippen molar-refractivity contribution in [1.29, 1.82) is 0 Å². The molecule has 0 bridgehead atoms.